The maximum atomic E-state index is 12.9. The van der Waals surface area contributed by atoms with Crippen molar-refractivity contribution in [3.05, 3.63) is 36.0 Å². The number of ether oxygens (including phenoxy) is 1. The summed E-state index contributed by atoms with van der Waals surface area (Å²) in [5.74, 6) is -0.223. The van der Waals surface area contributed by atoms with Crippen molar-refractivity contribution in [1.29, 1.82) is 0 Å². The molecule has 170 valence electrons. The van der Waals surface area contributed by atoms with Crippen LogP contribution in [0.2, 0.25) is 0 Å². The third-order valence-corrected chi connectivity index (χ3v) is 4.99. The van der Waals surface area contributed by atoms with Gasteiger partial charge in [0.2, 0.25) is 0 Å². The highest BCUT2D eigenvalue weighted by atomic mass is 19.4. The Morgan fingerprint density at radius 3 is 2.74 bits per heavy atom. The van der Waals surface area contributed by atoms with Crippen LogP contribution in [0.5, 0.6) is 0 Å². The zero-order valence-corrected chi connectivity index (χ0v) is 17.0. The number of alkyl halides is 3. The van der Waals surface area contributed by atoms with Gasteiger partial charge in [0.1, 0.15) is 29.9 Å². The smallest absolute Gasteiger partial charge is 0.388 e. The quantitative estimate of drug-likeness (QED) is 0.590. The van der Waals surface area contributed by atoms with Crippen LogP contribution in [0.25, 0.3) is 0 Å². The van der Waals surface area contributed by atoms with Crippen LogP contribution in [0.3, 0.4) is 0 Å². The average Bonchev–Trinajstić information content (AvgIpc) is 3.18. The van der Waals surface area contributed by atoms with Crippen molar-refractivity contribution in [1.82, 2.24) is 19.7 Å². The number of nitrogens with zero attached hydrogens (tertiary/aromatic N) is 4. The molecule has 1 saturated heterocycles. The van der Waals surface area contributed by atoms with Crippen molar-refractivity contribution in [2.45, 2.75) is 57.3 Å². The van der Waals surface area contributed by atoms with Gasteiger partial charge in [0.25, 0.3) is 0 Å². The molecule has 4 atom stereocenters. The van der Waals surface area contributed by atoms with Crippen LogP contribution in [-0.2, 0) is 22.3 Å². The molecule has 3 N–H and O–H groups in total. The summed E-state index contributed by atoms with van der Waals surface area (Å²) in [6.07, 6.45) is -3.00. The number of carbonyl (C=O) groups is 1. The van der Waals surface area contributed by atoms with E-state index in [4.69, 9.17) is 4.74 Å². The van der Waals surface area contributed by atoms with Crippen LogP contribution >= 0.6 is 0 Å². The first kappa shape index (κ1) is 23.1. The van der Waals surface area contributed by atoms with E-state index in [-0.39, 0.29) is 24.1 Å². The third kappa shape index (κ3) is 5.57. The van der Waals surface area contributed by atoms with E-state index in [1.807, 2.05) is 13.8 Å². The zero-order chi connectivity index (χ0) is 22.8. The molecular weight excluding hydrogens is 419 g/mol. The first-order valence-corrected chi connectivity index (χ1v) is 9.75. The third-order valence-electron chi connectivity index (χ3n) is 4.99. The maximum absolute atomic E-state index is 12.9. The van der Waals surface area contributed by atoms with E-state index in [1.54, 1.807) is 10.9 Å². The van der Waals surface area contributed by atoms with Crippen molar-refractivity contribution in [2.24, 2.45) is 5.92 Å². The molecule has 2 aromatic heterocycles. The van der Waals surface area contributed by atoms with E-state index in [9.17, 15) is 28.2 Å². The Hall–Kier alpha value is -2.57. The second kappa shape index (κ2) is 9.28. The first-order valence-electron chi connectivity index (χ1n) is 9.75. The Kier molecular flexibility index (Phi) is 6.92. The summed E-state index contributed by atoms with van der Waals surface area (Å²) in [6, 6.07) is -1.02. The van der Waals surface area contributed by atoms with Gasteiger partial charge in [-0.3, -0.25) is 14.5 Å². The fourth-order valence-corrected chi connectivity index (χ4v) is 3.19. The summed E-state index contributed by atoms with van der Waals surface area (Å²) in [6.45, 7) is 3.81. The molecule has 2 aromatic rings. The Labute approximate surface area is 176 Å². The number of Topliss-reactive ketones (excluding diaryl/α,β-unsaturated/α-hetero) is 1. The standard InChI is InChI=1S/C19H24F3N5O4/c1-10(2)12(28)3-4-27-8-11(5-24-27)18-16(17(30)13(29)9-31-18)26-15-7-23-6-14(25-15)19(20,21)22/h5-8,10,13,16-18,29-30H,3-4,9H2,1-2H3,(H,25,26)/t13-,16+,17-,18+/m0/s1. The lowest BCUT2D eigenvalue weighted by Gasteiger charge is -2.38. The molecule has 0 amide bonds. The molecule has 0 bridgehead atoms. The number of halogens is 3. The maximum Gasteiger partial charge on any atom is 0.434 e. The van der Waals surface area contributed by atoms with Crippen LogP contribution in [0.1, 0.15) is 37.6 Å². The topological polar surface area (TPSA) is 122 Å². The molecule has 1 fully saturated rings. The number of carbonyl (C=O) groups excluding carboxylic acids is 1. The van der Waals surface area contributed by atoms with E-state index < -0.39 is 36.2 Å². The number of hydrogen-bond acceptors (Lipinski definition) is 8. The predicted octanol–water partition coefficient (Wildman–Crippen LogP) is 1.58. The summed E-state index contributed by atoms with van der Waals surface area (Å²) < 4.78 is 46.0. The summed E-state index contributed by atoms with van der Waals surface area (Å²) in [7, 11) is 0. The molecule has 1 aliphatic rings. The van der Waals surface area contributed by atoms with Crippen LogP contribution in [-0.4, -0.2) is 60.6 Å². The first-order chi connectivity index (χ1) is 14.6. The molecule has 0 saturated carbocycles. The summed E-state index contributed by atoms with van der Waals surface area (Å²) >= 11 is 0. The van der Waals surface area contributed by atoms with E-state index in [0.717, 1.165) is 6.20 Å². The molecule has 0 spiro atoms. The lowest BCUT2D eigenvalue weighted by Crippen LogP contribution is -2.52. The molecule has 0 unspecified atom stereocenters. The molecule has 0 radical (unpaired) electrons. The second-order valence-electron chi connectivity index (χ2n) is 7.68. The van der Waals surface area contributed by atoms with Crippen molar-refractivity contribution < 1.29 is 32.9 Å². The summed E-state index contributed by atoms with van der Waals surface area (Å²) in [4.78, 5) is 18.9. The average molecular weight is 443 g/mol. The largest absolute Gasteiger partial charge is 0.434 e. The number of aromatic nitrogens is 4. The molecular formula is C19H24F3N5O4. The van der Waals surface area contributed by atoms with Gasteiger partial charge in [-0.2, -0.15) is 18.3 Å². The minimum Gasteiger partial charge on any atom is -0.388 e. The molecule has 3 heterocycles. The molecule has 3 rings (SSSR count). The fraction of sp³-hybridized carbons (Fsp3) is 0.579. The van der Waals surface area contributed by atoms with E-state index in [2.05, 4.69) is 20.4 Å². The highest BCUT2D eigenvalue weighted by Crippen LogP contribution is 2.32. The number of aliphatic hydroxyl groups is 2. The van der Waals surface area contributed by atoms with Gasteiger partial charge in [-0.25, -0.2) is 4.98 Å². The van der Waals surface area contributed by atoms with Gasteiger partial charge in [0, 0.05) is 30.6 Å². The van der Waals surface area contributed by atoms with E-state index in [0.29, 0.717) is 24.7 Å². The van der Waals surface area contributed by atoms with Crippen molar-refractivity contribution in [3.8, 4) is 0 Å². The van der Waals surface area contributed by atoms with Crippen LogP contribution in [0.4, 0.5) is 19.0 Å². The number of ketones is 1. The van der Waals surface area contributed by atoms with Crippen LogP contribution in [0, 0.1) is 5.92 Å². The van der Waals surface area contributed by atoms with Crippen molar-refractivity contribution >= 4 is 11.6 Å². The van der Waals surface area contributed by atoms with Crippen molar-refractivity contribution in [3.63, 3.8) is 0 Å². The van der Waals surface area contributed by atoms with E-state index >= 15 is 0 Å². The Morgan fingerprint density at radius 2 is 2.06 bits per heavy atom. The zero-order valence-electron chi connectivity index (χ0n) is 17.0. The minimum atomic E-state index is -4.68. The number of nitrogens with one attached hydrogen (secondary N) is 1. The van der Waals surface area contributed by atoms with Gasteiger partial charge < -0.3 is 20.3 Å². The van der Waals surface area contributed by atoms with Gasteiger partial charge in [-0.1, -0.05) is 13.8 Å². The number of anilines is 1. The van der Waals surface area contributed by atoms with Gasteiger partial charge in [-0.05, 0) is 0 Å². The molecule has 9 nitrogen and oxygen atoms in total. The molecule has 0 aromatic carbocycles. The molecule has 12 heteroatoms. The molecule has 1 aliphatic heterocycles. The number of aryl methyl sites for hydroxylation is 1. The molecule has 0 aliphatic carbocycles. The lowest BCUT2D eigenvalue weighted by atomic mass is 9.93. The normalized spacial score (nSPS) is 24.4. The van der Waals surface area contributed by atoms with Crippen LogP contribution in [0.15, 0.2) is 24.8 Å². The number of hydrogen-bond donors (Lipinski definition) is 3. The predicted molar refractivity (Wildman–Crippen MR) is 102 cm³/mol. The SMILES string of the molecule is CC(C)C(=O)CCn1cc([C@H]2OC[C@H](O)[C@H](O)[C@H]2Nc2cncc(C(F)(F)F)n2)cn1. The van der Waals surface area contributed by atoms with E-state index in [1.165, 1.54) is 6.20 Å². The van der Waals surface area contributed by atoms with Gasteiger partial charge in [0.15, 0.2) is 5.69 Å². The number of rotatable bonds is 7. The second-order valence-corrected chi connectivity index (χ2v) is 7.68. The van der Waals surface area contributed by atoms with Gasteiger partial charge in [0.05, 0.1) is 31.2 Å². The Morgan fingerprint density at radius 1 is 1.32 bits per heavy atom. The van der Waals surface area contributed by atoms with Crippen LogP contribution < -0.4 is 5.32 Å². The Balaban J connectivity index is 1.79. The van der Waals surface area contributed by atoms with Gasteiger partial charge >= 0.3 is 6.18 Å². The summed E-state index contributed by atoms with van der Waals surface area (Å²) in [5.41, 5.74) is -0.663. The molecule has 31 heavy (non-hydrogen) atoms. The lowest BCUT2D eigenvalue weighted by molar-refractivity contribution is -0.141. The fourth-order valence-electron chi connectivity index (χ4n) is 3.19. The highest BCUT2D eigenvalue weighted by Gasteiger charge is 2.41. The van der Waals surface area contributed by atoms with Gasteiger partial charge in [-0.15, -0.1) is 0 Å². The summed E-state index contributed by atoms with van der Waals surface area (Å²) in [5, 5.41) is 27.3. The monoisotopic (exact) mass is 443 g/mol. The number of aliphatic hydroxyl groups excluding tert-OH is 2. The highest BCUT2D eigenvalue weighted by molar-refractivity contribution is 5.80. The van der Waals surface area contributed by atoms with Crippen molar-refractivity contribution in [2.75, 3.05) is 11.9 Å². The minimum absolute atomic E-state index is 0.0875. The Bertz CT molecular complexity index is 905.